The second kappa shape index (κ2) is 8.68. The van der Waals surface area contributed by atoms with Gasteiger partial charge in [0.15, 0.2) is 0 Å². The van der Waals surface area contributed by atoms with Crippen LogP contribution in [0.2, 0.25) is 0 Å². The van der Waals surface area contributed by atoms with Crippen molar-refractivity contribution >= 4 is 21.4 Å². The van der Waals surface area contributed by atoms with Crippen molar-refractivity contribution in [2.24, 2.45) is 0 Å². The molecule has 0 amide bonds. The van der Waals surface area contributed by atoms with Gasteiger partial charge in [-0.25, -0.2) is 13.1 Å². The Morgan fingerprint density at radius 1 is 1.00 bits per heavy atom. The molecule has 28 heavy (non-hydrogen) atoms. The van der Waals surface area contributed by atoms with E-state index in [2.05, 4.69) is 33.7 Å². The molecule has 0 bridgehead atoms. The van der Waals surface area contributed by atoms with Crippen LogP contribution in [0.15, 0.2) is 53.4 Å². The number of non-ortho nitro benzene ring substituents is 1. The summed E-state index contributed by atoms with van der Waals surface area (Å²) < 4.78 is 27.1. The molecule has 1 heterocycles. The standard InChI is InChI=1S/C19H24N4O4S/c1-21-12-14-22(15-13-21)17-4-2-16(3-5-17)10-11-20-28(26,27)19-8-6-18(7-9-19)23(24)25/h2-9,20H,10-15H2,1H3. The summed E-state index contributed by atoms with van der Waals surface area (Å²) in [4.78, 5) is 14.8. The van der Waals surface area contributed by atoms with Gasteiger partial charge >= 0.3 is 0 Å². The van der Waals surface area contributed by atoms with E-state index in [1.165, 1.54) is 30.0 Å². The number of piperazine rings is 1. The molecule has 0 aromatic heterocycles. The summed E-state index contributed by atoms with van der Waals surface area (Å²) in [6.45, 7) is 4.36. The molecule has 0 saturated carbocycles. The van der Waals surface area contributed by atoms with Crippen LogP contribution >= 0.6 is 0 Å². The van der Waals surface area contributed by atoms with Crippen molar-refractivity contribution in [1.82, 2.24) is 9.62 Å². The second-order valence-corrected chi connectivity index (χ2v) is 8.62. The molecule has 0 spiro atoms. The first-order valence-electron chi connectivity index (χ1n) is 9.12. The van der Waals surface area contributed by atoms with Crippen molar-refractivity contribution in [2.75, 3.05) is 44.7 Å². The zero-order valence-corrected chi connectivity index (χ0v) is 16.6. The molecule has 9 heteroatoms. The highest BCUT2D eigenvalue weighted by atomic mass is 32.2. The molecule has 150 valence electrons. The second-order valence-electron chi connectivity index (χ2n) is 6.86. The molecule has 1 fully saturated rings. The molecule has 2 aromatic carbocycles. The van der Waals surface area contributed by atoms with E-state index in [-0.39, 0.29) is 17.1 Å². The van der Waals surface area contributed by atoms with Gasteiger partial charge in [-0.1, -0.05) is 12.1 Å². The number of benzene rings is 2. The maximum atomic E-state index is 12.3. The Morgan fingerprint density at radius 2 is 1.61 bits per heavy atom. The quantitative estimate of drug-likeness (QED) is 0.559. The molecule has 1 aliphatic heterocycles. The molecular weight excluding hydrogens is 380 g/mol. The highest BCUT2D eigenvalue weighted by molar-refractivity contribution is 7.89. The van der Waals surface area contributed by atoms with Crippen LogP contribution in [0.3, 0.4) is 0 Å². The van der Waals surface area contributed by atoms with Crippen LogP contribution in [-0.2, 0) is 16.4 Å². The minimum absolute atomic E-state index is 0.0171. The Balaban J connectivity index is 1.53. The molecule has 1 N–H and O–H groups in total. The Labute approximate surface area is 165 Å². The molecule has 2 aromatic rings. The summed E-state index contributed by atoms with van der Waals surface area (Å²) >= 11 is 0. The van der Waals surface area contributed by atoms with Crippen LogP contribution < -0.4 is 9.62 Å². The van der Waals surface area contributed by atoms with E-state index < -0.39 is 14.9 Å². The summed E-state index contributed by atoms with van der Waals surface area (Å²) in [5.41, 5.74) is 2.09. The highest BCUT2D eigenvalue weighted by Crippen LogP contribution is 2.18. The molecule has 1 saturated heterocycles. The highest BCUT2D eigenvalue weighted by Gasteiger charge is 2.16. The third-order valence-electron chi connectivity index (χ3n) is 4.87. The summed E-state index contributed by atoms with van der Waals surface area (Å²) in [5.74, 6) is 0. The van der Waals surface area contributed by atoms with Gasteiger partial charge in [0.2, 0.25) is 10.0 Å². The van der Waals surface area contributed by atoms with Crippen LogP contribution in [-0.4, -0.2) is 58.0 Å². The van der Waals surface area contributed by atoms with Crippen molar-refractivity contribution in [3.8, 4) is 0 Å². The summed E-state index contributed by atoms with van der Waals surface area (Å²) in [6, 6.07) is 13.0. The van der Waals surface area contributed by atoms with Gasteiger partial charge in [-0.2, -0.15) is 0 Å². The number of hydrogen-bond donors (Lipinski definition) is 1. The molecular formula is C19H24N4O4S. The number of likely N-dealkylation sites (N-methyl/N-ethyl adjacent to an activating group) is 1. The normalized spacial score (nSPS) is 15.5. The minimum Gasteiger partial charge on any atom is -0.369 e. The average molecular weight is 404 g/mol. The third kappa shape index (κ3) is 5.06. The number of nitrogens with one attached hydrogen (secondary N) is 1. The maximum absolute atomic E-state index is 12.3. The number of nitrogens with zero attached hydrogens (tertiary/aromatic N) is 3. The first kappa shape index (κ1) is 20.2. The van der Waals surface area contributed by atoms with Gasteiger partial charge < -0.3 is 9.80 Å². The van der Waals surface area contributed by atoms with Crippen LogP contribution in [0.25, 0.3) is 0 Å². The molecule has 0 unspecified atom stereocenters. The fourth-order valence-electron chi connectivity index (χ4n) is 3.10. The number of hydrogen-bond acceptors (Lipinski definition) is 6. The lowest BCUT2D eigenvalue weighted by Crippen LogP contribution is -2.44. The maximum Gasteiger partial charge on any atom is 0.269 e. The predicted octanol–water partition coefficient (Wildman–Crippen LogP) is 1.87. The zero-order valence-electron chi connectivity index (χ0n) is 15.7. The van der Waals surface area contributed by atoms with Gasteiger partial charge in [0, 0.05) is 50.5 Å². The van der Waals surface area contributed by atoms with Gasteiger partial charge in [-0.3, -0.25) is 10.1 Å². The van der Waals surface area contributed by atoms with Gasteiger partial charge in [0.05, 0.1) is 9.82 Å². The summed E-state index contributed by atoms with van der Waals surface area (Å²) in [5, 5.41) is 10.7. The summed E-state index contributed by atoms with van der Waals surface area (Å²) in [7, 11) is -1.57. The number of nitro benzene ring substituents is 1. The number of sulfonamides is 1. The lowest BCUT2D eigenvalue weighted by atomic mass is 10.1. The fraction of sp³-hybridized carbons (Fsp3) is 0.368. The van der Waals surface area contributed by atoms with E-state index in [1.54, 1.807) is 0 Å². The Bertz CT molecular complexity index is 906. The SMILES string of the molecule is CN1CCN(c2ccc(CCNS(=O)(=O)c3ccc([N+](=O)[O-])cc3)cc2)CC1. The smallest absolute Gasteiger partial charge is 0.269 e. The van der Waals surface area contributed by atoms with Crippen LogP contribution in [0.4, 0.5) is 11.4 Å². The average Bonchev–Trinajstić information content (AvgIpc) is 2.69. The third-order valence-corrected chi connectivity index (χ3v) is 6.35. The zero-order chi connectivity index (χ0) is 20.1. The predicted molar refractivity (Wildman–Crippen MR) is 108 cm³/mol. The van der Waals surface area contributed by atoms with Crippen LogP contribution in [0, 0.1) is 10.1 Å². The van der Waals surface area contributed by atoms with Crippen LogP contribution in [0.5, 0.6) is 0 Å². The van der Waals surface area contributed by atoms with Gasteiger partial charge in [-0.05, 0) is 43.3 Å². The lowest BCUT2D eigenvalue weighted by Gasteiger charge is -2.34. The summed E-state index contributed by atoms with van der Waals surface area (Å²) in [6.07, 6.45) is 0.565. The van der Waals surface area contributed by atoms with E-state index in [9.17, 15) is 18.5 Å². The Kier molecular flexibility index (Phi) is 6.28. The van der Waals surface area contributed by atoms with Crippen LogP contribution in [0.1, 0.15) is 5.56 Å². The number of nitro groups is 1. The molecule has 1 aliphatic rings. The van der Waals surface area contributed by atoms with Crippen molar-refractivity contribution in [2.45, 2.75) is 11.3 Å². The molecule has 0 radical (unpaired) electrons. The minimum atomic E-state index is -3.69. The number of rotatable bonds is 7. The largest absolute Gasteiger partial charge is 0.369 e. The first-order valence-corrected chi connectivity index (χ1v) is 10.6. The van der Waals surface area contributed by atoms with Gasteiger partial charge in [-0.15, -0.1) is 0 Å². The Morgan fingerprint density at radius 3 is 2.18 bits per heavy atom. The van der Waals surface area contributed by atoms with E-state index in [4.69, 9.17) is 0 Å². The molecule has 0 aliphatic carbocycles. The topological polar surface area (TPSA) is 95.8 Å². The van der Waals surface area contributed by atoms with Crippen molar-refractivity contribution in [1.29, 1.82) is 0 Å². The van der Waals surface area contributed by atoms with E-state index in [1.807, 2.05) is 12.1 Å². The van der Waals surface area contributed by atoms with E-state index in [0.717, 1.165) is 31.7 Å². The van der Waals surface area contributed by atoms with Crippen molar-refractivity contribution in [3.05, 3.63) is 64.2 Å². The van der Waals surface area contributed by atoms with E-state index >= 15 is 0 Å². The van der Waals surface area contributed by atoms with Gasteiger partial charge in [0.1, 0.15) is 0 Å². The van der Waals surface area contributed by atoms with E-state index in [0.29, 0.717) is 6.42 Å². The fourth-order valence-corrected chi connectivity index (χ4v) is 4.13. The number of anilines is 1. The molecule has 0 atom stereocenters. The lowest BCUT2D eigenvalue weighted by molar-refractivity contribution is -0.384. The monoisotopic (exact) mass is 404 g/mol. The molecule has 8 nitrogen and oxygen atoms in total. The Hall–Kier alpha value is -2.49. The molecule has 3 rings (SSSR count). The first-order chi connectivity index (χ1) is 13.3. The van der Waals surface area contributed by atoms with Gasteiger partial charge in [0.25, 0.3) is 5.69 Å². The van der Waals surface area contributed by atoms with Crippen molar-refractivity contribution < 1.29 is 13.3 Å². The van der Waals surface area contributed by atoms with Crippen molar-refractivity contribution in [3.63, 3.8) is 0 Å².